The molecule has 3 nitrogen and oxygen atoms in total. The van der Waals surface area contributed by atoms with E-state index in [9.17, 15) is 4.79 Å². The minimum Gasteiger partial charge on any atom is -0.423 e. The van der Waals surface area contributed by atoms with Crippen molar-refractivity contribution in [2.75, 3.05) is 6.61 Å². The number of rotatable bonds is 5. The van der Waals surface area contributed by atoms with E-state index in [2.05, 4.69) is 0 Å². The van der Waals surface area contributed by atoms with Gasteiger partial charge in [-0.25, -0.2) is 0 Å². The van der Waals surface area contributed by atoms with Crippen LogP contribution in [0.3, 0.4) is 0 Å². The van der Waals surface area contributed by atoms with E-state index in [4.69, 9.17) is 10.2 Å². The van der Waals surface area contributed by atoms with Gasteiger partial charge >= 0.3 is 0 Å². The molecule has 0 saturated heterocycles. The normalized spacial score (nSPS) is 14.2. The van der Waals surface area contributed by atoms with E-state index in [-0.39, 0.29) is 11.4 Å². The fraction of sp³-hybridized carbons (Fsp3) is 0.833. The van der Waals surface area contributed by atoms with Crippen LogP contribution in [-0.2, 0) is 9.22 Å². The van der Waals surface area contributed by atoms with Crippen molar-refractivity contribution in [1.29, 1.82) is 0 Å². The molecule has 0 aliphatic carbocycles. The van der Waals surface area contributed by atoms with Crippen molar-refractivity contribution in [3.63, 3.8) is 0 Å². The highest BCUT2D eigenvalue weighted by Crippen LogP contribution is 2.06. The summed E-state index contributed by atoms with van der Waals surface area (Å²) in [5.41, 5.74) is 5.13. The first kappa shape index (κ1) is 9.65. The highest BCUT2D eigenvalue weighted by molar-refractivity contribution is 6.37. The van der Waals surface area contributed by atoms with E-state index in [0.717, 1.165) is 6.42 Å². The number of primary amides is 1. The first-order valence-corrected chi connectivity index (χ1v) is 4.98. The monoisotopic (exact) mass is 161 g/mol. The summed E-state index contributed by atoms with van der Waals surface area (Å²) in [7, 11) is -0.697. The smallest absolute Gasteiger partial charge is 0.219 e. The molecule has 0 aromatic rings. The highest BCUT2D eigenvalue weighted by atomic mass is 28.2. The van der Waals surface area contributed by atoms with Crippen molar-refractivity contribution in [2.45, 2.75) is 25.8 Å². The lowest BCUT2D eigenvalue weighted by atomic mass is 10.3. The zero-order valence-electron chi connectivity index (χ0n) is 6.59. The van der Waals surface area contributed by atoms with Gasteiger partial charge in [0.15, 0.2) is 9.76 Å². The minimum absolute atomic E-state index is 0.0277. The molecule has 0 aliphatic rings. The summed E-state index contributed by atoms with van der Waals surface area (Å²) in [4.78, 5) is 10.6. The van der Waals surface area contributed by atoms with E-state index in [0.29, 0.717) is 6.61 Å². The fourth-order valence-corrected chi connectivity index (χ4v) is 1.58. The van der Waals surface area contributed by atoms with Gasteiger partial charge in [-0.05, 0) is 13.3 Å². The molecule has 0 rings (SSSR count). The zero-order valence-corrected chi connectivity index (χ0v) is 8.01. The highest BCUT2D eigenvalue weighted by Gasteiger charge is 2.12. The van der Waals surface area contributed by atoms with E-state index >= 15 is 0 Å². The summed E-state index contributed by atoms with van der Waals surface area (Å²) in [6.45, 7) is 4.60. The molecule has 60 valence electrons. The van der Waals surface area contributed by atoms with Crippen LogP contribution in [-0.4, -0.2) is 22.3 Å². The van der Waals surface area contributed by atoms with Crippen LogP contribution in [0.15, 0.2) is 0 Å². The maximum absolute atomic E-state index is 10.6. The van der Waals surface area contributed by atoms with Gasteiger partial charge in [0.1, 0.15) is 0 Å². The van der Waals surface area contributed by atoms with Gasteiger partial charge in [0.2, 0.25) is 5.91 Å². The summed E-state index contributed by atoms with van der Waals surface area (Å²) in [6, 6.07) is 0. The molecular formula is C6H15NO2Si. The predicted octanol–water partition coefficient (Wildman–Crippen LogP) is -0.209. The van der Waals surface area contributed by atoms with Crippen molar-refractivity contribution < 1.29 is 9.22 Å². The van der Waals surface area contributed by atoms with Crippen LogP contribution in [0, 0.1) is 0 Å². The van der Waals surface area contributed by atoms with E-state index in [1.807, 2.05) is 13.8 Å². The van der Waals surface area contributed by atoms with Crippen LogP contribution in [0.1, 0.15) is 20.3 Å². The second-order valence-corrected chi connectivity index (χ2v) is 3.89. The fourth-order valence-electron chi connectivity index (χ4n) is 0.661. The van der Waals surface area contributed by atoms with Crippen LogP contribution >= 0.6 is 0 Å². The largest absolute Gasteiger partial charge is 0.423 e. The zero-order chi connectivity index (χ0) is 7.98. The molecule has 1 atom stereocenters. The molecular weight excluding hydrogens is 146 g/mol. The predicted molar refractivity (Wildman–Crippen MR) is 43.4 cm³/mol. The van der Waals surface area contributed by atoms with Crippen molar-refractivity contribution in [2.24, 2.45) is 5.73 Å². The second-order valence-electron chi connectivity index (χ2n) is 2.17. The van der Waals surface area contributed by atoms with Gasteiger partial charge in [0.25, 0.3) is 0 Å². The number of carbonyl (C=O) groups is 1. The number of hydrogen-bond donors (Lipinski definition) is 1. The standard InChI is InChI=1S/C6H15NO2Si/c1-3-5(6(7)8)10-9-4-2/h5H,3-4,10H2,1-2H3,(H2,7,8). The van der Waals surface area contributed by atoms with Gasteiger partial charge in [-0.2, -0.15) is 0 Å². The van der Waals surface area contributed by atoms with Gasteiger partial charge in [0.05, 0.1) is 5.54 Å². The summed E-state index contributed by atoms with van der Waals surface area (Å²) in [5, 5.41) is 0. The SMILES string of the molecule is CCO[SiH2]C(CC)C(N)=O. The lowest BCUT2D eigenvalue weighted by Crippen LogP contribution is -2.24. The van der Waals surface area contributed by atoms with Crippen LogP contribution in [0.4, 0.5) is 0 Å². The van der Waals surface area contributed by atoms with Gasteiger partial charge in [0, 0.05) is 6.61 Å². The molecule has 4 heteroatoms. The molecule has 0 saturated carbocycles. The number of hydrogen-bond acceptors (Lipinski definition) is 2. The number of nitrogens with two attached hydrogens (primary N) is 1. The Morgan fingerprint density at radius 1 is 1.70 bits per heavy atom. The van der Waals surface area contributed by atoms with Gasteiger partial charge in [-0.1, -0.05) is 6.92 Å². The molecule has 0 aromatic heterocycles. The van der Waals surface area contributed by atoms with E-state index in [1.54, 1.807) is 0 Å². The minimum atomic E-state index is -0.697. The van der Waals surface area contributed by atoms with Gasteiger partial charge < -0.3 is 10.2 Å². The maximum atomic E-state index is 10.6. The summed E-state index contributed by atoms with van der Waals surface area (Å²) in [5.74, 6) is -0.206. The Hall–Kier alpha value is -0.353. The van der Waals surface area contributed by atoms with Crippen molar-refractivity contribution in [3.8, 4) is 0 Å². The first-order valence-electron chi connectivity index (χ1n) is 3.59. The van der Waals surface area contributed by atoms with E-state index < -0.39 is 9.76 Å². The summed E-state index contributed by atoms with van der Waals surface area (Å²) < 4.78 is 5.19. The van der Waals surface area contributed by atoms with Crippen LogP contribution < -0.4 is 5.73 Å². The maximum Gasteiger partial charge on any atom is 0.219 e. The molecule has 1 amide bonds. The third-order valence-corrected chi connectivity index (χ3v) is 3.44. The average Bonchev–Trinajstić information content (AvgIpc) is 1.89. The molecule has 10 heavy (non-hydrogen) atoms. The van der Waals surface area contributed by atoms with Crippen molar-refractivity contribution in [1.82, 2.24) is 0 Å². The molecule has 2 N–H and O–H groups in total. The molecule has 1 unspecified atom stereocenters. The van der Waals surface area contributed by atoms with Crippen LogP contribution in [0.5, 0.6) is 0 Å². The Labute approximate surface area is 63.9 Å². The summed E-state index contributed by atoms with van der Waals surface area (Å²) in [6.07, 6.45) is 0.821. The molecule has 0 spiro atoms. The van der Waals surface area contributed by atoms with Crippen molar-refractivity contribution in [3.05, 3.63) is 0 Å². The Bertz CT molecular complexity index is 108. The van der Waals surface area contributed by atoms with E-state index in [1.165, 1.54) is 0 Å². The Morgan fingerprint density at radius 3 is 2.60 bits per heavy atom. The average molecular weight is 161 g/mol. The third-order valence-electron chi connectivity index (χ3n) is 1.42. The van der Waals surface area contributed by atoms with Crippen LogP contribution in [0.25, 0.3) is 0 Å². The Balaban J connectivity index is 3.50. The molecule has 0 bridgehead atoms. The first-order chi connectivity index (χ1) is 4.72. The van der Waals surface area contributed by atoms with Crippen LogP contribution in [0.2, 0.25) is 5.54 Å². The second kappa shape index (κ2) is 5.43. The molecule has 0 heterocycles. The summed E-state index contributed by atoms with van der Waals surface area (Å²) >= 11 is 0. The lowest BCUT2D eigenvalue weighted by Gasteiger charge is -2.08. The molecule has 0 radical (unpaired) electrons. The Morgan fingerprint density at radius 2 is 2.30 bits per heavy atom. The number of amides is 1. The van der Waals surface area contributed by atoms with Gasteiger partial charge in [-0.15, -0.1) is 0 Å². The molecule has 0 fully saturated rings. The quantitative estimate of drug-likeness (QED) is 0.567. The number of carbonyl (C=O) groups excluding carboxylic acids is 1. The topological polar surface area (TPSA) is 52.3 Å². The lowest BCUT2D eigenvalue weighted by molar-refractivity contribution is -0.118. The third kappa shape index (κ3) is 3.63. The Kier molecular flexibility index (Phi) is 5.24. The molecule has 0 aromatic carbocycles. The molecule has 0 aliphatic heterocycles. The van der Waals surface area contributed by atoms with Crippen molar-refractivity contribution >= 4 is 15.7 Å². The van der Waals surface area contributed by atoms with Gasteiger partial charge in [-0.3, -0.25) is 4.79 Å².